The molecule has 2 amide bonds. The highest BCUT2D eigenvalue weighted by Crippen LogP contribution is 2.29. The second kappa shape index (κ2) is 12.1. The minimum Gasteiger partial charge on any atom is -0.496 e. The lowest BCUT2D eigenvalue weighted by molar-refractivity contribution is -0.127. The average Bonchev–Trinajstić information content (AvgIpc) is 3.39. The molecule has 8 nitrogen and oxygen atoms in total. The van der Waals surface area contributed by atoms with Gasteiger partial charge < -0.3 is 30.3 Å². The SMILES string of the molecule is COc1cc(N)c(Cl)cc1C(=O)NC1CCN(CC2CCN(C(=O)/C=C/C3CCCO3)CC2)CC1. The summed E-state index contributed by atoms with van der Waals surface area (Å²) in [5.74, 6) is 0.949. The molecule has 1 unspecified atom stereocenters. The fourth-order valence-electron chi connectivity index (χ4n) is 5.19. The highest BCUT2D eigenvalue weighted by molar-refractivity contribution is 6.33. The lowest BCUT2D eigenvalue weighted by atomic mass is 9.94. The Morgan fingerprint density at radius 1 is 1.17 bits per heavy atom. The number of methoxy groups -OCH3 is 1. The van der Waals surface area contributed by atoms with Crippen molar-refractivity contribution in [2.24, 2.45) is 5.92 Å². The number of nitrogen functional groups attached to an aromatic ring is 1. The summed E-state index contributed by atoms with van der Waals surface area (Å²) >= 11 is 6.11. The number of carbonyl (C=O) groups excluding carboxylic acids is 2. The first kappa shape index (κ1) is 25.8. The van der Waals surface area contributed by atoms with Crippen LogP contribution in [0.25, 0.3) is 0 Å². The smallest absolute Gasteiger partial charge is 0.255 e. The first-order valence-electron chi connectivity index (χ1n) is 12.7. The number of benzene rings is 1. The van der Waals surface area contributed by atoms with E-state index in [4.69, 9.17) is 26.8 Å². The van der Waals surface area contributed by atoms with E-state index in [1.165, 1.54) is 7.11 Å². The first-order chi connectivity index (χ1) is 16.9. The summed E-state index contributed by atoms with van der Waals surface area (Å²) in [5.41, 5.74) is 6.62. The van der Waals surface area contributed by atoms with Crippen LogP contribution in [0, 0.1) is 5.92 Å². The van der Waals surface area contributed by atoms with Gasteiger partial charge in [-0.05, 0) is 50.5 Å². The number of piperidine rings is 2. The number of nitrogens with two attached hydrogens (primary N) is 1. The van der Waals surface area contributed by atoms with Crippen molar-refractivity contribution in [1.29, 1.82) is 0 Å². The van der Waals surface area contributed by atoms with E-state index < -0.39 is 0 Å². The van der Waals surface area contributed by atoms with Crippen molar-refractivity contribution < 1.29 is 19.1 Å². The quantitative estimate of drug-likeness (QED) is 0.437. The van der Waals surface area contributed by atoms with Crippen LogP contribution in [0.5, 0.6) is 5.75 Å². The monoisotopic (exact) mass is 504 g/mol. The standard InChI is InChI=1S/C26H37ClN4O4/c1-34-24-16-23(28)22(27)15-21(24)26(33)29-19-8-10-30(11-9-19)17-18-6-12-31(13-7-18)25(32)5-4-20-3-2-14-35-20/h4-5,15-16,18-20H,2-3,6-14,17,28H2,1H3,(H,29,33)/b5-4+. The van der Waals surface area contributed by atoms with Crippen molar-refractivity contribution in [2.75, 3.05) is 52.2 Å². The predicted octanol–water partition coefficient (Wildman–Crippen LogP) is 3.10. The molecule has 3 aliphatic heterocycles. The lowest BCUT2D eigenvalue weighted by Gasteiger charge is -2.37. The van der Waals surface area contributed by atoms with Crippen LogP contribution < -0.4 is 15.8 Å². The maximum atomic E-state index is 12.8. The third-order valence-corrected chi connectivity index (χ3v) is 7.67. The normalized spacial score (nSPS) is 22.6. The van der Waals surface area contributed by atoms with E-state index in [-0.39, 0.29) is 24.0 Å². The summed E-state index contributed by atoms with van der Waals surface area (Å²) in [4.78, 5) is 29.7. The van der Waals surface area contributed by atoms with Gasteiger partial charge in [-0.3, -0.25) is 9.59 Å². The number of carbonyl (C=O) groups is 2. The molecule has 4 rings (SSSR count). The summed E-state index contributed by atoms with van der Waals surface area (Å²) in [6.07, 6.45) is 9.69. The summed E-state index contributed by atoms with van der Waals surface area (Å²) in [7, 11) is 1.51. The van der Waals surface area contributed by atoms with Gasteiger partial charge in [0.05, 0.1) is 29.5 Å². The fraction of sp³-hybridized carbons (Fsp3) is 0.615. The van der Waals surface area contributed by atoms with Crippen molar-refractivity contribution in [3.05, 3.63) is 34.9 Å². The first-order valence-corrected chi connectivity index (χ1v) is 13.1. The second-order valence-corrected chi connectivity index (χ2v) is 10.2. The maximum absolute atomic E-state index is 12.8. The van der Waals surface area contributed by atoms with Crippen LogP contribution >= 0.6 is 11.6 Å². The van der Waals surface area contributed by atoms with Crippen LogP contribution in [0.2, 0.25) is 5.02 Å². The van der Waals surface area contributed by atoms with Crippen LogP contribution in [0.15, 0.2) is 24.3 Å². The van der Waals surface area contributed by atoms with Crippen LogP contribution in [0.4, 0.5) is 5.69 Å². The lowest BCUT2D eigenvalue weighted by Crippen LogP contribution is -2.47. The van der Waals surface area contributed by atoms with E-state index in [0.717, 1.165) is 77.9 Å². The number of nitrogens with one attached hydrogen (secondary N) is 1. The molecule has 0 bridgehead atoms. The fourth-order valence-corrected chi connectivity index (χ4v) is 5.35. The molecule has 1 atom stereocenters. The molecule has 9 heteroatoms. The zero-order chi connectivity index (χ0) is 24.8. The highest BCUT2D eigenvalue weighted by atomic mass is 35.5. The van der Waals surface area contributed by atoms with Gasteiger partial charge in [0.1, 0.15) is 5.75 Å². The van der Waals surface area contributed by atoms with E-state index in [9.17, 15) is 9.59 Å². The minimum absolute atomic E-state index is 0.106. The second-order valence-electron chi connectivity index (χ2n) is 9.80. The molecule has 0 radical (unpaired) electrons. The number of amides is 2. The molecule has 192 valence electrons. The Balaban J connectivity index is 1.17. The number of ether oxygens (including phenoxy) is 2. The number of halogens is 1. The zero-order valence-corrected chi connectivity index (χ0v) is 21.3. The Kier molecular flexibility index (Phi) is 8.92. The number of rotatable bonds is 7. The number of anilines is 1. The van der Waals surface area contributed by atoms with E-state index >= 15 is 0 Å². The number of hydrogen-bond acceptors (Lipinski definition) is 6. The van der Waals surface area contributed by atoms with Crippen LogP contribution in [0.3, 0.4) is 0 Å². The van der Waals surface area contributed by atoms with Crippen LogP contribution in [0.1, 0.15) is 48.9 Å². The third-order valence-electron chi connectivity index (χ3n) is 7.35. The molecule has 3 N–H and O–H groups in total. The average molecular weight is 505 g/mol. The summed E-state index contributed by atoms with van der Waals surface area (Å²) in [5, 5.41) is 3.47. The van der Waals surface area contributed by atoms with Gasteiger partial charge in [0, 0.05) is 57.5 Å². The molecule has 3 aliphatic rings. The van der Waals surface area contributed by atoms with Crippen LogP contribution in [-0.2, 0) is 9.53 Å². The van der Waals surface area contributed by atoms with E-state index in [0.29, 0.717) is 27.9 Å². The summed E-state index contributed by atoms with van der Waals surface area (Å²) < 4.78 is 10.9. The largest absolute Gasteiger partial charge is 0.496 e. The molecule has 0 saturated carbocycles. The molecule has 1 aromatic rings. The van der Waals surface area contributed by atoms with Gasteiger partial charge in [-0.15, -0.1) is 0 Å². The molecule has 0 spiro atoms. The number of nitrogens with zero attached hydrogens (tertiary/aromatic N) is 2. The van der Waals surface area contributed by atoms with Crippen molar-refractivity contribution in [1.82, 2.24) is 15.1 Å². The van der Waals surface area contributed by atoms with Crippen molar-refractivity contribution >= 4 is 29.1 Å². The molecule has 0 aliphatic carbocycles. The van der Waals surface area contributed by atoms with Crippen molar-refractivity contribution in [3.63, 3.8) is 0 Å². The van der Waals surface area contributed by atoms with Gasteiger partial charge in [-0.25, -0.2) is 0 Å². The molecule has 0 aromatic heterocycles. The Morgan fingerprint density at radius 2 is 1.91 bits per heavy atom. The molecule has 3 fully saturated rings. The van der Waals surface area contributed by atoms with Gasteiger partial charge >= 0.3 is 0 Å². The van der Waals surface area contributed by atoms with Gasteiger partial charge in [-0.2, -0.15) is 0 Å². The molecular weight excluding hydrogens is 468 g/mol. The highest BCUT2D eigenvalue weighted by Gasteiger charge is 2.27. The third kappa shape index (κ3) is 6.90. The molecule has 3 saturated heterocycles. The van der Waals surface area contributed by atoms with Gasteiger partial charge in [0.25, 0.3) is 5.91 Å². The van der Waals surface area contributed by atoms with Gasteiger partial charge in [-0.1, -0.05) is 17.7 Å². The zero-order valence-electron chi connectivity index (χ0n) is 20.5. The van der Waals surface area contributed by atoms with Crippen molar-refractivity contribution in [2.45, 2.75) is 50.7 Å². The summed E-state index contributed by atoms with van der Waals surface area (Å²) in [6, 6.07) is 3.27. The van der Waals surface area contributed by atoms with E-state index in [1.807, 2.05) is 11.0 Å². The Labute approximate surface area is 212 Å². The Morgan fingerprint density at radius 3 is 2.57 bits per heavy atom. The number of likely N-dealkylation sites (tertiary alicyclic amines) is 2. The topological polar surface area (TPSA) is 97.1 Å². The van der Waals surface area contributed by atoms with E-state index in [1.54, 1.807) is 18.2 Å². The molecule has 1 aromatic carbocycles. The number of hydrogen-bond donors (Lipinski definition) is 2. The van der Waals surface area contributed by atoms with Crippen molar-refractivity contribution in [3.8, 4) is 5.75 Å². The predicted molar refractivity (Wildman–Crippen MR) is 137 cm³/mol. The minimum atomic E-state index is -0.187. The Bertz CT molecular complexity index is 918. The summed E-state index contributed by atoms with van der Waals surface area (Å²) in [6.45, 7) is 5.39. The van der Waals surface area contributed by atoms with Gasteiger partial charge in [0.15, 0.2) is 0 Å². The maximum Gasteiger partial charge on any atom is 0.255 e. The van der Waals surface area contributed by atoms with Crippen LogP contribution in [-0.4, -0.2) is 80.2 Å². The molecule has 35 heavy (non-hydrogen) atoms. The Hall–Kier alpha value is -2.29. The molecular formula is C26H37ClN4O4. The van der Waals surface area contributed by atoms with Gasteiger partial charge in [0.2, 0.25) is 5.91 Å². The van der Waals surface area contributed by atoms with E-state index in [2.05, 4.69) is 10.2 Å². The molecule has 3 heterocycles.